The number of hydrogen-bond acceptors (Lipinski definition) is 3. The molecule has 1 unspecified atom stereocenters. The summed E-state index contributed by atoms with van der Waals surface area (Å²) in [5, 5.41) is 13.9. The fraction of sp³-hybridized carbons (Fsp3) is 0.111. The number of carboxylic acids is 1. The number of pyridine rings is 1. The Labute approximate surface area is 142 Å². The molecule has 2 aromatic carbocycles. The third kappa shape index (κ3) is 3.58. The molecule has 0 fully saturated rings. The topological polar surface area (TPSA) is 82.2 Å². The molecule has 0 radical (unpaired) electrons. The number of aliphatic carboxylic acids is 1. The van der Waals surface area contributed by atoms with E-state index in [1.165, 1.54) is 6.07 Å². The Kier molecular flexibility index (Phi) is 4.53. The van der Waals surface area contributed by atoms with Crippen molar-refractivity contribution >= 4 is 34.2 Å². The van der Waals surface area contributed by atoms with Gasteiger partial charge < -0.3 is 15.4 Å². The van der Waals surface area contributed by atoms with Crippen molar-refractivity contribution in [1.82, 2.24) is 4.98 Å². The highest BCUT2D eigenvalue weighted by molar-refractivity contribution is 6.30. The van der Waals surface area contributed by atoms with Gasteiger partial charge in [0.1, 0.15) is 6.04 Å². The summed E-state index contributed by atoms with van der Waals surface area (Å²) in [5.41, 5.74) is 1.78. The number of aromatic amines is 1. The fourth-order valence-corrected chi connectivity index (χ4v) is 2.74. The standard InChI is InChI=1S/C18H15ClN2O3/c19-12-5-7-13(8-6-12)20-16(18(23)24)9-11-10-17(22)21-15-4-2-1-3-14(11)15/h1-8,10,16,20H,9H2,(H,21,22)(H,23,24). The SMILES string of the molecule is O=C(O)C(Cc1cc(=O)[nH]c2ccccc12)Nc1ccc(Cl)cc1. The van der Waals surface area contributed by atoms with Gasteiger partial charge in [-0.1, -0.05) is 29.8 Å². The zero-order valence-electron chi connectivity index (χ0n) is 12.6. The number of nitrogens with one attached hydrogen (secondary N) is 2. The van der Waals surface area contributed by atoms with Gasteiger partial charge in [0.15, 0.2) is 0 Å². The van der Waals surface area contributed by atoms with Crippen LogP contribution in [0.3, 0.4) is 0 Å². The van der Waals surface area contributed by atoms with E-state index in [0.717, 1.165) is 5.39 Å². The van der Waals surface area contributed by atoms with Crippen molar-refractivity contribution in [2.45, 2.75) is 12.5 Å². The van der Waals surface area contributed by atoms with Gasteiger partial charge in [-0.3, -0.25) is 4.79 Å². The minimum atomic E-state index is -0.991. The van der Waals surface area contributed by atoms with Crippen molar-refractivity contribution in [3.63, 3.8) is 0 Å². The van der Waals surface area contributed by atoms with Gasteiger partial charge in [0.25, 0.3) is 0 Å². The Bertz CT molecular complexity index is 935. The molecule has 3 rings (SSSR count). The zero-order valence-corrected chi connectivity index (χ0v) is 13.4. The molecule has 1 aromatic heterocycles. The van der Waals surface area contributed by atoms with Crippen LogP contribution in [0, 0.1) is 0 Å². The number of H-pyrrole nitrogens is 1. The Morgan fingerprint density at radius 1 is 1.17 bits per heavy atom. The van der Waals surface area contributed by atoms with Crippen LogP contribution in [-0.2, 0) is 11.2 Å². The normalized spacial score (nSPS) is 12.0. The van der Waals surface area contributed by atoms with Gasteiger partial charge in [-0.2, -0.15) is 0 Å². The summed E-state index contributed by atoms with van der Waals surface area (Å²) in [6, 6.07) is 14.7. The minimum absolute atomic E-state index is 0.183. The molecule has 0 saturated carbocycles. The molecule has 1 atom stereocenters. The number of anilines is 1. The summed E-state index contributed by atoms with van der Waals surface area (Å²) >= 11 is 5.84. The zero-order chi connectivity index (χ0) is 17.1. The Morgan fingerprint density at radius 3 is 2.58 bits per heavy atom. The molecule has 3 aromatic rings. The van der Waals surface area contributed by atoms with E-state index < -0.39 is 12.0 Å². The fourth-order valence-electron chi connectivity index (χ4n) is 2.61. The quantitative estimate of drug-likeness (QED) is 0.664. The second-order valence-corrected chi connectivity index (χ2v) is 5.89. The van der Waals surface area contributed by atoms with Crippen molar-refractivity contribution in [2.75, 3.05) is 5.32 Å². The Hall–Kier alpha value is -2.79. The first-order chi connectivity index (χ1) is 11.5. The first kappa shape index (κ1) is 16.1. The van der Waals surface area contributed by atoms with Crippen molar-refractivity contribution < 1.29 is 9.90 Å². The van der Waals surface area contributed by atoms with E-state index in [1.807, 2.05) is 18.2 Å². The first-order valence-corrected chi connectivity index (χ1v) is 7.76. The van der Waals surface area contributed by atoms with Crippen molar-refractivity contribution in [1.29, 1.82) is 0 Å². The Balaban J connectivity index is 1.93. The van der Waals surface area contributed by atoms with E-state index in [0.29, 0.717) is 21.8 Å². The van der Waals surface area contributed by atoms with E-state index in [9.17, 15) is 14.7 Å². The summed E-state index contributed by atoms with van der Waals surface area (Å²) < 4.78 is 0. The number of rotatable bonds is 5. The number of benzene rings is 2. The van der Waals surface area contributed by atoms with Crippen LogP contribution in [0.1, 0.15) is 5.56 Å². The van der Waals surface area contributed by atoms with Gasteiger partial charge in [-0.25, -0.2) is 4.79 Å². The van der Waals surface area contributed by atoms with Gasteiger partial charge in [-0.05, 0) is 35.9 Å². The van der Waals surface area contributed by atoms with Gasteiger partial charge in [0.05, 0.1) is 0 Å². The highest BCUT2D eigenvalue weighted by Crippen LogP contribution is 2.19. The van der Waals surface area contributed by atoms with E-state index in [1.54, 1.807) is 30.3 Å². The molecule has 122 valence electrons. The lowest BCUT2D eigenvalue weighted by Gasteiger charge is -2.17. The molecule has 0 aliphatic carbocycles. The average molecular weight is 343 g/mol. The predicted octanol–water partition coefficient (Wildman–Crippen LogP) is 3.29. The molecule has 0 aliphatic rings. The second kappa shape index (κ2) is 6.76. The highest BCUT2D eigenvalue weighted by Gasteiger charge is 2.19. The van der Waals surface area contributed by atoms with Gasteiger partial charge in [-0.15, -0.1) is 0 Å². The molecule has 0 saturated heterocycles. The molecule has 0 amide bonds. The summed E-state index contributed by atoms with van der Waals surface area (Å²) in [6.45, 7) is 0. The minimum Gasteiger partial charge on any atom is -0.480 e. The number of hydrogen-bond donors (Lipinski definition) is 3. The number of carboxylic acid groups (broad SMARTS) is 1. The summed E-state index contributed by atoms with van der Waals surface area (Å²) in [6.07, 6.45) is 0.183. The summed E-state index contributed by atoms with van der Waals surface area (Å²) in [5.74, 6) is -0.991. The lowest BCUT2D eigenvalue weighted by molar-refractivity contribution is -0.137. The number of aromatic nitrogens is 1. The maximum Gasteiger partial charge on any atom is 0.326 e. The third-order valence-electron chi connectivity index (χ3n) is 3.74. The van der Waals surface area contributed by atoms with Gasteiger partial charge in [0.2, 0.25) is 5.56 Å². The summed E-state index contributed by atoms with van der Waals surface area (Å²) in [7, 11) is 0. The number of fused-ring (bicyclic) bond motifs is 1. The molecule has 0 bridgehead atoms. The molecular formula is C18H15ClN2O3. The van der Waals surface area contributed by atoms with Crippen LogP contribution in [0.5, 0.6) is 0 Å². The maximum atomic E-state index is 11.8. The van der Waals surface area contributed by atoms with Crippen LogP contribution in [0.4, 0.5) is 5.69 Å². The summed E-state index contributed by atoms with van der Waals surface area (Å²) in [4.78, 5) is 26.2. The molecular weight excluding hydrogens is 328 g/mol. The van der Waals surface area contributed by atoms with E-state index in [4.69, 9.17) is 11.6 Å². The van der Waals surface area contributed by atoms with Crippen LogP contribution in [-0.4, -0.2) is 22.1 Å². The van der Waals surface area contributed by atoms with Crippen LogP contribution >= 0.6 is 11.6 Å². The second-order valence-electron chi connectivity index (χ2n) is 5.45. The average Bonchev–Trinajstić information content (AvgIpc) is 2.56. The van der Waals surface area contributed by atoms with Crippen LogP contribution in [0.15, 0.2) is 59.4 Å². The smallest absolute Gasteiger partial charge is 0.326 e. The predicted molar refractivity (Wildman–Crippen MR) is 94.8 cm³/mol. The van der Waals surface area contributed by atoms with E-state index in [-0.39, 0.29) is 12.0 Å². The van der Waals surface area contributed by atoms with E-state index >= 15 is 0 Å². The molecule has 1 heterocycles. The molecule has 0 aliphatic heterocycles. The molecule has 6 heteroatoms. The molecule has 3 N–H and O–H groups in total. The van der Waals surface area contributed by atoms with Gasteiger partial charge >= 0.3 is 5.97 Å². The first-order valence-electron chi connectivity index (χ1n) is 7.39. The number of halogens is 1. The lowest BCUT2D eigenvalue weighted by Crippen LogP contribution is -2.32. The maximum absolute atomic E-state index is 11.8. The molecule has 24 heavy (non-hydrogen) atoms. The van der Waals surface area contributed by atoms with Gasteiger partial charge in [0, 0.05) is 34.1 Å². The lowest BCUT2D eigenvalue weighted by atomic mass is 10.0. The highest BCUT2D eigenvalue weighted by atomic mass is 35.5. The van der Waals surface area contributed by atoms with Crippen molar-refractivity contribution in [3.8, 4) is 0 Å². The molecule has 0 spiro atoms. The van der Waals surface area contributed by atoms with Crippen LogP contribution < -0.4 is 10.9 Å². The third-order valence-corrected chi connectivity index (χ3v) is 4.00. The van der Waals surface area contributed by atoms with Crippen LogP contribution in [0.2, 0.25) is 5.02 Å². The monoisotopic (exact) mass is 342 g/mol. The Morgan fingerprint density at radius 2 is 1.88 bits per heavy atom. The van der Waals surface area contributed by atoms with Crippen molar-refractivity contribution in [2.24, 2.45) is 0 Å². The largest absolute Gasteiger partial charge is 0.480 e. The number of para-hydroxylation sites is 1. The van der Waals surface area contributed by atoms with Crippen molar-refractivity contribution in [3.05, 3.63) is 75.5 Å². The van der Waals surface area contributed by atoms with E-state index in [2.05, 4.69) is 10.3 Å². The van der Waals surface area contributed by atoms with Crippen LogP contribution in [0.25, 0.3) is 10.9 Å². The molecule has 5 nitrogen and oxygen atoms in total. The number of carbonyl (C=O) groups is 1.